The van der Waals surface area contributed by atoms with E-state index in [2.05, 4.69) is 21.6 Å². The largest absolute Gasteiger partial charge is 0.314 e. The van der Waals surface area contributed by atoms with Gasteiger partial charge in [0.05, 0.1) is 6.07 Å². The topological polar surface area (TPSA) is 51.1 Å². The van der Waals surface area contributed by atoms with E-state index in [0.717, 1.165) is 45.8 Å². The normalized spacial score (nSPS) is 18.4. The van der Waals surface area contributed by atoms with Gasteiger partial charge >= 0.3 is 0 Å². The van der Waals surface area contributed by atoms with E-state index < -0.39 is 0 Å². The second-order valence-electron chi connectivity index (χ2n) is 3.25. The summed E-state index contributed by atoms with van der Waals surface area (Å²) in [4.78, 5) is 2.44. The molecule has 1 aliphatic heterocycles. The molecule has 0 aromatic heterocycles. The number of piperazine rings is 1. The first-order valence-electron chi connectivity index (χ1n) is 4.94. The van der Waals surface area contributed by atoms with Gasteiger partial charge in [-0.25, -0.2) is 0 Å². The molecule has 4 heteroatoms. The monoisotopic (exact) mass is 182 g/mol. The minimum absolute atomic E-state index is 0.613. The Hall–Kier alpha value is -0.630. The van der Waals surface area contributed by atoms with Crippen molar-refractivity contribution in [3.8, 4) is 6.07 Å². The van der Waals surface area contributed by atoms with E-state index >= 15 is 0 Å². The average Bonchev–Trinajstić information content (AvgIpc) is 2.19. The minimum atomic E-state index is 0.613. The lowest BCUT2D eigenvalue weighted by atomic mass is 10.3. The van der Waals surface area contributed by atoms with E-state index in [4.69, 9.17) is 5.26 Å². The molecule has 1 heterocycles. The fraction of sp³-hybridized carbons (Fsp3) is 0.889. The minimum Gasteiger partial charge on any atom is -0.314 e. The molecule has 1 rings (SSSR count). The molecule has 0 aromatic rings. The van der Waals surface area contributed by atoms with Crippen molar-refractivity contribution in [2.45, 2.75) is 6.42 Å². The van der Waals surface area contributed by atoms with Gasteiger partial charge in [-0.3, -0.25) is 4.90 Å². The fourth-order valence-electron chi connectivity index (χ4n) is 1.44. The molecule has 2 N–H and O–H groups in total. The van der Waals surface area contributed by atoms with Gasteiger partial charge in [0.2, 0.25) is 0 Å². The molecular weight excluding hydrogens is 164 g/mol. The highest BCUT2D eigenvalue weighted by Crippen LogP contribution is 1.89. The lowest BCUT2D eigenvalue weighted by molar-refractivity contribution is 0.241. The van der Waals surface area contributed by atoms with Gasteiger partial charge in [-0.15, -0.1) is 0 Å². The van der Waals surface area contributed by atoms with E-state index in [1.165, 1.54) is 0 Å². The zero-order valence-corrected chi connectivity index (χ0v) is 8.05. The molecule has 0 unspecified atom stereocenters. The van der Waals surface area contributed by atoms with Gasteiger partial charge in [0.1, 0.15) is 0 Å². The smallest absolute Gasteiger partial charge is 0.0635 e. The number of hydrogen-bond acceptors (Lipinski definition) is 4. The third-order valence-corrected chi connectivity index (χ3v) is 2.23. The van der Waals surface area contributed by atoms with Crippen LogP contribution < -0.4 is 10.6 Å². The van der Waals surface area contributed by atoms with Crippen LogP contribution in [0.5, 0.6) is 0 Å². The van der Waals surface area contributed by atoms with E-state index in [1.807, 2.05) is 0 Å². The summed E-state index contributed by atoms with van der Waals surface area (Å²) in [7, 11) is 0. The van der Waals surface area contributed by atoms with Crippen LogP contribution in [0, 0.1) is 11.3 Å². The molecule has 1 aliphatic rings. The van der Waals surface area contributed by atoms with Crippen LogP contribution in [0.1, 0.15) is 6.42 Å². The van der Waals surface area contributed by atoms with Gasteiger partial charge in [-0.05, 0) is 0 Å². The second kappa shape index (κ2) is 6.84. The van der Waals surface area contributed by atoms with E-state index in [1.54, 1.807) is 0 Å². The Labute approximate surface area is 79.9 Å². The molecule has 74 valence electrons. The highest BCUT2D eigenvalue weighted by molar-refractivity contribution is 4.71. The van der Waals surface area contributed by atoms with Crippen molar-refractivity contribution in [2.75, 3.05) is 45.8 Å². The Bertz CT molecular complexity index is 157. The molecule has 0 aliphatic carbocycles. The van der Waals surface area contributed by atoms with Gasteiger partial charge in [-0.1, -0.05) is 0 Å². The summed E-state index contributed by atoms with van der Waals surface area (Å²) in [6, 6.07) is 2.12. The summed E-state index contributed by atoms with van der Waals surface area (Å²) in [6.07, 6.45) is 0.613. The van der Waals surface area contributed by atoms with Gasteiger partial charge in [0, 0.05) is 52.2 Å². The first-order chi connectivity index (χ1) is 6.43. The number of hydrogen-bond donors (Lipinski definition) is 2. The van der Waals surface area contributed by atoms with Crippen LogP contribution in [0.25, 0.3) is 0 Å². The Morgan fingerprint density at radius 1 is 1.31 bits per heavy atom. The first-order valence-corrected chi connectivity index (χ1v) is 4.94. The van der Waals surface area contributed by atoms with Crippen LogP contribution in [-0.2, 0) is 0 Å². The third kappa shape index (κ3) is 4.83. The lowest BCUT2D eigenvalue weighted by Crippen LogP contribution is -2.45. The van der Waals surface area contributed by atoms with Crippen molar-refractivity contribution in [3.63, 3.8) is 0 Å². The molecule has 4 nitrogen and oxygen atoms in total. The molecule has 0 bridgehead atoms. The standard InChI is InChI=1S/C9H18N4/c10-2-1-3-11-4-7-13-8-5-12-6-9-13/h11-12H,1,3-9H2. The van der Waals surface area contributed by atoms with Crippen LogP contribution in [0.2, 0.25) is 0 Å². The van der Waals surface area contributed by atoms with Crippen molar-refractivity contribution < 1.29 is 0 Å². The summed E-state index contributed by atoms with van der Waals surface area (Å²) in [5.74, 6) is 0. The van der Waals surface area contributed by atoms with Crippen LogP contribution in [0.15, 0.2) is 0 Å². The molecule has 13 heavy (non-hydrogen) atoms. The summed E-state index contributed by atoms with van der Waals surface area (Å²) in [5.41, 5.74) is 0. The quantitative estimate of drug-likeness (QED) is 0.557. The highest BCUT2D eigenvalue weighted by Gasteiger charge is 2.07. The number of nitriles is 1. The van der Waals surface area contributed by atoms with Crippen molar-refractivity contribution in [1.82, 2.24) is 15.5 Å². The predicted molar refractivity (Wildman–Crippen MR) is 52.4 cm³/mol. The van der Waals surface area contributed by atoms with Crippen molar-refractivity contribution in [3.05, 3.63) is 0 Å². The maximum Gasteiger partial charge on any atom is 0.0635 e. The van der Waals surface area contributed by atoms with E-state index in [-0.39, 0.29) is 0 Å². The van der Waals surface area contributed by atoms with Crippen LogP contribution in [-0.4, -0.2) is 50.7 Å². The van der Waals surface area contributed by atoms with Gasteiger partial charge in [0.25, 0.3) is 0 Å². The zero-order valence-electron chi connectivity index (χ0n) is 8.05. The van der Waals surface area contributed by atoms with Crippen LogP contribution in [0.4, 0.5) is 0 Å². The van der Waals surface area contributed by atoms with Crippen LogP contribution >= 0.6 is 0 Å². The molecule has 0 amide bonds. The predicted octanol–water partition coefficient (Wildman–Crippen LogP) is -0.605. The molecule has 1 fully saturated rings. The van der Waals surface area contributed by atoms with Crippen molar-refractivity contribution in [1.29, 1.82) is 5.26 Å². The molecule has 0 saturated carbocycles. The Kier molecular flexibility index (Phi) is 5.50. The summed E-state index contributed by atoms with van der Waals surface area (Å²) in [6.45, 7) is 7.45. The number of nitrogens with one attached hydrogen (secondary N) is 2. The SMILES string of the molecule is N#CCCNCCN1CCNCC1. The zero-order chi connectivity index (χ0) is 9.36. The van der Waals surface area contributed by atoms with Gasteiger partial charge < -0.3 is 10.6 Å². The second-order valence-corrected chi connectivity index (χ2v) is 3.25. The fourth-order valence-corrected chi connectivity index (χ4v) is 1.44. The lowest BCUT2D eigenvalue weighted by Gasteiger charge is -2.27. The van der Waals surface area contributed by atoms with Crippen molar-refractivity contribution in [2.24, 2.45) is 0 Å². The van der Waals surface area contributed by atoms with Gasteiger partial charge in [-0.2, -0.15) is 5.26 Å². The molecule has 0 atom stereocenters. The van der Waals surface area contributed by atoms with Gasteiger partial charge in [0.15, 0.2) is 0 Å². The van der Waals surface area contributed by atoms with E-state index in [0.29, 0.717) is 6.42 Å². The number of nitrogens with zero attached hydrogens (tertiary/aromatic N) is 2. The maximum absolute atomic E-state index is 8.31. The summed E-state index contributed by atoms with van der Waals surface area (Å²) < 4.78 is 0. The third-order valence-electron chi connectivity index (χ3n) is 2.23. The average molecular weight is 182 g/mol. The number of rotatable bonds is 5. The summed E-state index contributed by atoms with van der Waals surface area (Å²) in [5, 5.41) is 14.9. The summed E-state index contributed by atoms with van der Waals surface area (Å²) >= 11 is 0. The molecule has 0 aromatic carbocycles. The Balaban J connectivity index is 1.90. The molecular formula is C9H18N4. The first kappa shape index (κ1) is 10.5. The van der Waals surface area contributed by atoms with E-state index in [9.17, 15) is 0 Å². The molecule has 0 radical (unpaired) electrons. The van der Waals surface area contributed by atoms with Crippen molar-refractivity contribution >= 4 is 0 Å². The highest BCUT2D eigenvalue weighted by atomic mass is 15.2. The maximum atomic E-state index is 8.31. The Morgan fingerprint density at radius 3 is 2.77 bits per heavy atom. The molecule has 1 saturated heterocycles. The molecule has 0 spiro atoms. The van der Waals surface area contributed by atoms with Crippen LogP contribution in [0.3, 0.4) is 0 Å². The Morgan fingerprint density at radius 2 is 2.08 bits per heavy atom.